The van der Waals surface area contributed by atoms with Gasteiger partial charge in [0.05, 0.1) is 16.2 Å². The van der Waals surface area contributed by atoms with Crippen LogP contribution in [0.15, 0.2) is 30.3 Å². The van der Waals surface area contributed by atoms with Crippen LogP contribution in [0.25, 0.3) is 6.08 Å². The smallest absolute Gasteiger partial charge is 0.269 e. The zero-order chi connectivity index (χ0) is 18.9. The molecule has 1 N–H and O–H groups in total. The highest BCUT2D eigenvalue weighted by Crippen LogP contribution is 2.37. The zero-order valence-electron chi connectivity index (χ0n) is 14.9. The van der Waals surface area contributed by atoms with Gasteiger partial charge in [-0.1, -0.05) is 0 Å². The van der Waals surface area contributed by atoms with Crippen LogP contribution in [0, 0.1) is 10.1 Å². The van der Waals surface area contributed by atoms with Gasteiger partial charge >= 0.3 is 0 Å². The molecule has 2 heterocycles. The second-order valence-electron chi connectivity index (χ2n) is 7.02. The Morgan fingerprint density at radius 3 is 2.62 bits per heavy atom. The molecule has 1 aromatic heterocycles. The molecule has 26 heavy (non-hydrogen) atoms. The number of fused-ring (bicyclic) bond motifs is 1. The number of benzene rings is 1. The van der Waals surface area contributed by atoms with Crippen LogP contribution in [-0.2, 0) is 21.8 Å². The molecular weight excluding hydrogens is 352 g/mol. The second-order valence-corrected chi connectivity index (χ2v) is 8.01. The molecule has 136 valence electrons. The summed E-state index contributed by atoms with van der Waals surface area (Å²) in [4.78, 5) is 22.6. The first-order valence-corrected chi connectivity index (χ1v) is 9.33. The van der Waals surface area contributed by atoms with Crippen molar-refractivity contribution >= 4 is 35.3 Å². The van der Waals surface area contributed by atoms with Gasteiger partial charge in [0.1, 0.15) is 5.82 Å². The van der Waals surface area contributed by atoms with E-state index in [1.807, 2.05) is 25.5 Å². The molecule has 0 atom stereocenters. The van der Waals surface area contributed by atoms with E-state index in [1.165, 1.54) is 18.2 Å². The normalized spacial score (nSPS) is 13.8. The van der Waals surface area contributed by atoms with Crippen molar-refractivity contribution in [3.63, 3.8) is 0 Å². The lowest BCUT2D eigenvalue weighted by Crippen LogP contribution is -2.26. The molecule has 0 spiro atoms. The number of aromatic nitrogens is 2. The van der Waals surface area contributed by atoms with Gasteiger partial charge < -0.3 is 5.32 Å². The second kappa shape index (κ2) is 6.95. The zero-order valence-corrected chi connectivity index (χ0v) is 15.7. The summed E-state index contributed by atoms with van der Waals surface area (Å²) in [6, 6.07) is 6.04. The summed E-state index contributed by atoms with van der Waals surface area (Å²) in [6.07, 6.45) is 3.06. The summed E-state index contributed by atoms with van der Waals surface area (Å²) in [5.41, 5.74) is 2.62. The quantitative estimate of drug-likeness (QED) is 0.499. The number of anilines is 1. The standard InChI is InChI=1S/C18H20N4O3S/c1-18(2,3)21-17(14-10-26-11-15(14)20-21)19-16(23)9-6-12-4-7-13(8-5-12)22(24)25/h4-9H,10-11H2,1-3H3,(H,19,23)/b9-6-. The third kappa shape index (κ3) is 3.80. The van der Waals surface area contributed by atoms with Crippen LogP contribution in [0.2, 0.25) is 0 Å². The van der Waals surface area contributed by atoms with Crippen molar-refractivity contribution in [3.05, 3.63) is 57.3 Å². The van der Waals surface area contributed by atoms with E-state index in [2.05, 4.69) is 10.4 Å². The third-order valence-corrected chi connectivity index (χ3v) is 4.93. The molecule has 2 aromatic rings. The lowest BCUT2D eigenvalue weighted by molar-refractivity contribution is -0.384. The average Bonchev–Trinajstić information content (AvgIpc) is 3.15. The van der Waals surface area contributed by atoms with Gasteiger partial charge in [-0.05, 0) is 44.5 Å². The number of nitro benzene ring substituents is 1. The minimum atomic E-state index is -0.452. The molecular formula is C18H20N4O3S. The van der Waals surface area contributed by atoms with Crippen molar-refractivity contribution in [1.29, 1.82) is 0 Å². The lowest BCUT2D eigenvalue weighted by Gasteiger charge is -2.23. The van der Waals surface area contributed by atoms with Crippen LogP contribution in [0.3, 0.4) is 0 Å². The first kappa shape index (κ1) is 18.2. The number of thioether (sulfide) groups is 1. The largest absolute Gasteiger partial charge is 0.307 e. The van der Waals surface area contributed by atoms with E-state index in [9.17, 15) is 14.9 Å². The van der Waals surface area contributed by atoms with E-state index < -0.39 is 4.92 Å². The van der Waals surface area contributed by atoms with E-state index >= 15 is 0 Å². The van der Waals surface area contributed by atoms with Gasteiger partial charge in [-0.2, -0.15) is 16.9 Å². The van der Waals surface area contributed by atoms with Crippen molar-refractivity contribution in [2.45, 2.75) is 37.8 Å². The molecule has 0 aliphatic carbocycles. The van der Waals surface area contributed by atoms with Gasteiger partial charge in [0.25, 0.3) is 5.69 Å². The van der Waals surface area contributed by atoms with E-state index in [4.69, 9.17) is 0 Å². The van der Waals surface area contributed by atoms with Crippen molar-refractivity contribution in [3.8, 4) is 0 Å². The van der Waals surface area contributed by atoms with Crippen LogP contribution in [0.5, 0.6) is 0 Å². The predicted octanol–water partition coefficient (Wildman–Crippen LogP) is 3.95. The highest BCUT2D eigenvalue weighted by Gasteiger charge is 2.28. The Bertz CT molecular complexity index is 879. The maximum atomic E-state index is 12.4. The highest BCUT2D eigenvalue weighted by atomic mass is 32.2. The van der Waals surface area contributed by atoms with Crippen molar-refractivity contribution in [2.24, 2.45) is 0 Å². The fraction of sp³-hybridized carbons (Fsp3) is 0.333. The molecule has 0 saturated carbocycles. The summed E-state index contributed by atoms with van der Waals surface area (Å²) >= 11 is 1.78. The molecule has 8 heteroatoms. The number of nitrogens with one attached hydrogen (secondary N) is 1. The summed E-state index contributed by atoms with van der Waals surface area (Å²) in [6.45, 7) is 6.14. The molecule has 1 aliphatic rings. The summed E-state index contributed by atoms with van der Waals surface area (Å²) in [5, 5.41) is 18.3. The predicted molar refractivity (Wildman–Crippen MR) is 103 cm³/mol. The van der Waals surface area contributed by atoms with Gasteiger partial charge in [0.2, 0.25) is 5.91 Å². The Morgan fingerprint density at radius 2 is 2.00 bits per heavy atom. The van der Waals surface area contributed by atoms with Gasteiger partial charge in [0, 0.05) is 35.3 Å². The highest BCUT2D eigenvalue weighted by molar-refractivity contribution is 7.98. The number of hydrogen-bond donors (Lipinski definition) is 1. The molecule has 0 bridgehead atoms. The number of non-ortho nitro benzene ring substituents is 1. The van der Waals surface area contributed by atoms with Crippen LogP contribution in [0.1, 0.15) is 37.6 Å². The maximum Gasteiger partial charge on any atom is 0.269 e. The topological polar surface area (TPSA) is 90.1 Å². The monoisotopic (exact) mass is 372 g/mol. The summed E-state index contributed by atoms with van der Waals surface area (Å²) < 4.78 is 1.87. The van der Waals surface area contributed by atoms with Crippen LogP contribution in [0.4, 0.5) is 11.5 Å². The first-order valence-electron chi connectivity index (χ1n) is 8.18. The number of hydrogen-bond acceptors (Lipinski definition) is 5. The van der Waals surface area contributed by atoms with Gasteiger partial charge in [-0.15, -0.1) is 0 Å². The molecule has 1 aromatic carbocycles. The molecule has 7 nitrogen and oxygen atoms in total. The summed E-state index contributed by atoms with van der Waals surface area (Å²) in [7, 11) is 0. The molecule has 0 fully saturated rings. The van der Waals surface area contributed by atoms with Crippen LogP contribution >= 0.6 is 11.8 Å². The van der Waals surface area contributed by atoms with Crippen molar-refractivity contribution in [2.75, 3.05) is 5.32 Å². The van der Waals surface area contributed by atoms with E-state index in [0.29, 0.717) is 0 Å². The van der Waals surface area contributed by atoms with E-state index in [-0.39, 0.29) is 17.1 Å². The Labute approximate surface area is 155 Å². The fourth-order valence-electron chi connectivity index (χ4n) is 2.66. The van der Waals surface area contributed by atoms with E-state index in [1.54, 1.807) is 30.0 Å². The van der Waals surface area contributed by atoms with Crippen molar-refractivity contribution < 1.29 is 9.72 Å². The Kier molecular flexibility index (Phi) is 4.86. The lowest BCUT2D eigenvalue weighted by atomic mass is 10.1. The SMILES string of the molecule is CC(C)(C)n1nc2c(c1NC(=O)/C=C\c1ccc([N+](=O)[O-])cc1)CSC2. The Hall–Kier alpha value is -2.61. The molecule has 1 amide bonds. The molecule has 1 aliphatic heterocycles. The van der Waals surface area contributed by atoms with Gasteiger partial charge in [0.15, 0.2) is 0 Å². The molecule has 0 radical (unpaired) electrons. The number of nitro groups is 1. The Morgan fingerprint density at radius 1 is 1.31 bits per heavy atom. The Balaban J connectivity index is 1.77. The maximum absolute atomic E-state index is 12.4. The number of nitrogens with zero attached hydrogens (tertiary/aromatic N) is 3. The van der Waals surface area contributed by atoms with Crippen LogP contribution < -0.4 is 5.32 Å². The van der Waals surface area contributed by atoms with Gasteiger partial charge in [-0.3, -0.25) is 14.9 Å². The minimum Gasteiger partial charge on any atom is -0.307 e. The number of carbonyl (C=O) groups is 1. The molecule has 0 unspecified atom stereocenters. The summed E-state index contributed by atoms with van der Waals surface area (Å²) in [5.74, 6) is 2.19. The average molecular weight is 372 g/mol. The first-order chi connectivity index (χ1) is 12.3. The number of carbonyl (C=O) groups excluding carboxylic acids is 1. The van der Waals surface area contributed by atoms with Crippen LogP contribution in [-0.4, -0.2) is 20.6 Å². The number of rotatable bonds is 4. The molecule has 3 rings (SSSR count). The van der Waals surface area contributed by atoms with Crippen molar-refractivity contribution in [1.82, 2.24) is 9.78 Å². The minimum absolute atomic E-state index is 0.0220. The molecule has 0 saturated heterocycles. The van der Waals surface area contributed by atoms with E-state index in [0.717, 1.165) is 34.1 Å². The third-order valence-electron chi connectivity index (χ3n) is 3.96. The number of amides is 1. The fourth-order valence-corrected chi connectivity index (χ4v) is 3.70. The van der Waals surface area contributed by atoms with Gasteiger partial charge in [-0.25, -0.2) is 4.68 Å².